The van der Waals surface area contributed by atoms with Gasteiger partial charge in [0.15, 0.2) is 0 Å². The third-order valence-electron chi connectivity index (χ3n) is 4.42. The quantitative estimate of drug-likeness (QED) is 0.809. The van der Waals surface area contributed by atoms with Crippen LogP contribution in [0.3, 0.4) is 0 Å². The molecular weight excluding hydrogens is 266 g/mol. The summed E-state index contributed by atoms with van der Waals surface area (Å²) in [6.07, 6.45) is 5.37. The molecule has 2 saturated heterocycles. The molecule has 0 N–H and O–H groups in total. The van der Waals surface area contributed by atoms with Crippen LogP contribution in [0.25, 0.3) is 0 Å². The Kier molecular flexibility index (Phi) is 4.34. The Morgan fingerprint density at radius 1 is 1.19 bits per heavy atom. The van der Waals surface area contributed by atoms with Crippen LogP contribution >= 0.6 is 0 Å². The molecule has 2 fully saturated rings. The zero-order valence-corrected chi connectivity index (χ0v) is 12.6. The highest BCUT2D eigenvalue weighted by Crippen LogP contribution is 2.20. The summed E-state index contributed by atoms with van der Waals surface area (Å²) in [7, 11) is 2.13. The van der Waals surface area contributed by atoms with Gasteiger partial charge >= 0.3 is 0 Å². The van der Waals surface area contributed by atoms with E-state index in [0.29, 0.717) is 18.2 Å². The minimum Gasteiger partial charge on any atom is -0.339 e. The van der Waals surface area contributed by atoms with Crippen LogP contribution in [0.15, 0.2) is 18.5 Å². The average Bonchev–Trinajstić information content (AvgIpc) is 2.93. The van der Waals surface area contributed by atoms with Crippen molar-refractivity contribution in [3.05, 3.63) is 18.5 Å². The lowest BCUT2D eigenvalue weighted by Gasteiger charge is -2.35. The fraction of sp³-hybridized carbons (Fsp3) is 0.667. The number of aromatic nitrogens is 2. The number of rotatable bonds is 3. The Labute approximate surface area is 125 Å². The molecule has 6 heteroatoms. The van der Waals surface area contributed by atoms with Gasteiger partial charge in [0.1, 0.15) is 0 Å². The van der Waals surface area contributed by atoms with Crippen LogP contribution in [0.1, 0.15) is 12.8 Å². The largest absolute Gasteiger partial charge is 0.339 e. The highest BCUT2D eigenvalue weighted by molar-refractivity contribution is 5.76. The number of hydrogen-bond acceptors (Lipinski definition) is 5. The van der Waals surface area contributed by atoms with Gasteiger partial charge in [0.05, 0.1) is 0 Å². The first-order chi connectivity index (χ1) is 10.2. The number of piperazine rings is 1. The fourth-order valence-corrected chi connectivity index (χ4v) is 3.18. The van der Waals surface area contributed by atoms with Crippen LogP contribution in [0, 0.1) is 5.92 Å². The number of anilines is 1. The maximum atomic E-state index is 12.4. The molecular formula is C15H23N5O. The zero-order valence-electron chi connectivity index (χ0n) is 12.6. The van der Waals surface area contributed by atoms with E-state index in [2.05, 4.69) is 26.8 Å². The first-order valence-electron chi connectivity index (χ1n) is 7.70. The Balaban J connectivity index is 1.48. The summed E-state index contributed by atoms with van der Waals surface area (Å²) in [6, 6.07) is 1.82. The van der Waals surface area contributed by atoms with Crippen molar-refractivity contribution in [1.29, 1.82) is 0 Å². The highest BCUT2D eigenvalue weighted by atomic mass is 16.2. The minimum absolute atomic E-state index is 0.309. The lowest BCUT2D eigenvalue weighted by Crippen LogP contribution is -2.49. The van der Waals surface area contributed by atoms with Crippen molar-refractivity contribution in [2.24, 2.45) is 5.92 Å². The molecule has 0 radical (unpaired) electrons. The molecule has 1 unspecified atom stereocenters. The van der Waals surface area contributed by atoms with Crippen LogP contribution in [0.2, 0.25) is 0 Å². The normalized spacial score (nSPS) is 23.6. The van der Waals surface area contributed by atoms with Crippen LogP contribution < -0.4 is 4.90 Å². The topological polar surface area (TPSA) is 52.6 Å². The van der Waals surface area contributed by atoms with Crippen molar-refractivity contribution in [3.8, 4) is 0 Å². The van der Waals surface area contributed by atoms with E-state index in [1.165, 1.54) is 0 Å². The van der Waals surface area contributed by atoms with E-state index in [1.807, 2.05) is 11.0 Å². The molecule has 1 atom stereocenters. The number of likely N-dealkylation sites (tertiary alicyclic amines) is 1. The average molecular weight is 289 g/mol. The molecule has 21 heavy (non-hydrogen) atoms. The summed E-state index contributed by atoms with van der Waals surface area (Å²) in [5.41, 5.74) is 0. The summed E-state index contributed by atoms with van der Waals surface area (Å²) in [5, 5.41) is 0. The van der Waals surface area contributed by atoms with E-state index in [0.717, 1.165) is 51.6 Å². The Morgan fingerprint density at radius 2 is 1.90 bits per heavy atom. The summed E-state index contributed by atoms with van der Waals surface area (Å²) in [4.78, 5) is 27.4. The number of carbonyl (C=O) groups excluding carboxylic acids is 1. The molecule has 1 aromatic rings. The molecule has 0 spiro atoms. The van der Waals surface area contributed by atoms with Crippen LogP contribution in [0.5, 0.6) is 0 Å². The third-order valence-corrected chi connectivity index (χ3v) is 4.42. The molecule has 6 nitrogen and oxygen atoms in total. The number of carbonyl (C=O) groups is 1. The first kappa shape index (κ1) is 14.3. The van der Waals surface area contributed by atoms with Crippen molar-refractivity contribution < 1.29 is 4.79 Å². The summed E-state index contributed by atoms with van der Waals surface area (Å²) >= 11 is 0. The molecule has 1 amide bonds. The number of nitrogens with zero attached hydrogens (tertiary/aromatic N) is 5. The van der Waals surface area contributed by atoms with E-state index in [1.54, 1.807) is 12.4 Å². The summed E-state index contributed by atoms with van der Waals surface area (Å²) in [6.45, 7) is 5.38. The molecule has 0 saturated carbocycles. The van der Waals surface area contributed by atoms with Crippen LogP contribution in [-0.2, 0) is 4.79 Å². The Bertz CT molecular complexity index is 472. The second-order valence-corrected chi connectivity index (χ2v) is 6.04. The third kappa shape index (κ3) is 3.50. The van der Waals surface area contributed by atoms with E-state index in [-0.39, 0.29) is 0 Å². The van der Waals surface area contributed by atoms with Gasteiger partial charge in [-0.3, -0.25) is 4.79 Å². The summed E-state index contributed by atoms with van der Waals surface area (Å²) < 4.78 is 0. The molecule has 1 aromatic heterocycles. The predicted octanol–water partition coefficient (Wildman–Crippen LogP) is 0.467. The summed E-state index contributed by atoms with van der Waals surface area (Å²) in [5.74, 6) is 1.61. The highest BCUT2D eigenvalue weighted by Gasteiger charge is 2.27. The molecule has 114 valence electrons. The van der Waals surface area contributed by atoms with E-state index in [9.17, 15) is 4.79 Å². The lowest BCUT2D eigenvalue weighted by atomic mass is 10.0. The van der Waals surface area contributed by atoms with Gasteiger partial charge < -0.3 is 14.7 Å². The molecule has 3 heterocycles. The smallest absolute Gasteiger partial charge is 0.225 e. The van der Waals surface area contributed by atoms with Gasteiger partial charge in [-0.25, -0.2) is 9.97 Å². The second-order valence-electron chi connectivity index (χ2n) is 6.04. The molecule has 0 aliphatic carbocycles. The minimum atomic E-state index is 0.309. The standard InChI is InChI=1S/C15H23N5O/c1-18-6-3-13(12-18)11-14(21)19-7-9-20(10-8-19)15-16-4-2-5-17-15/h2,4-5,13H,3,6-12H2,1H3. The number of amides is 1. The van der Waals surface area contributed by atoms with E-state index >= 15 is 0 Å². The second kappa shape index (κ2) is 6.39. The molecule has 0 aromatic carbocycles. The van der Waals surface area contributed by atoms with Gasteiger partial charge in [-0.2, -0.15) is 0 Å². The van der Waals surface area contributed by atoms with Crippen molar-refractivity contribution in [2.45, 2.75) is 12.8 Å². The van der Waals surface area contributed by atoms with E-state index < -0.39 is 0 Å². The van der Waals surface area contributed by atoms with Gasteiger partial charge in [-0.05, 0) is 32.0 Å². The maximum Gasteiger partial charge on any atom is 0.225 e. The van der Waals surface area contributed by atoms with Gasteiger partial charge in [0.2, 0.25) is 11.9 Å². The first-order valence-corrected chi connectivity index (χ1v) is 7.70. The Morgan fingerprint density at radius 3 is 2.52 bits per heavy atom. The van der Waals surface area contributed by atoms with Crippen molar-refractivity contribution in [1.82, 2.24) is 19.8 Å². The molecule has 2 aliphatic heterocycles. The molecule has 3 rings (SSSR count). The number of hydrogen-bond donors (Lipinski definition) is 0. The van der Waals surface area contributed by atoms with Crippen LogP contribution in [0.4, 0.5) is 5.95 Å². The van der Waals surface area contributed by atoms with Crippen LogP contribution in [-0.4, -0.2) is 72.0 Å². The van der Waals surface area contributed by atoms with Gasteiger partial charge in [0, 0.05) is 51.5 Å². The molecule has 2 aliphatic rings. The lowest BCUT2D eigenvalue weighted by molar-refractivity contribution is -0.132. The maximum absolute atomic E-state index is 12.4. The monoisotopic (exact) mass is 289 g/mol. The Hall–Kier alpha value is -1.69. The van der Waals surface area contributed by atoms with E-state index in [4.69, 9.17) is 0 Å². The van der Waals surface area contributed by atoms with Gasteiger partial charge in [0.25, 0.3) is 0 Å². The van der Waals surface area contributed by atoms with Crippen molar-refractivity contribution in [3.63, 3.8) is 0 Å². The fourth-order valence-electron chi connectivity index (χ4n) is 3.18. The van der Waals surface area contributed by atoms with Gasteiger partial charge in [-0.15, -0.1) is 0 Å². The zero-order chi connectivity index (χ0) is 14.7. The van der Waals surface area contributed by atoms with Gasteiger partial charge in [-0.1, -0.05) is 0 Å². The van der Waals surface area contributed by atoms with Crippen molar-refractivity contribution >= 4 is 11.9 Å². The predicted molar refractivity (Wildman–Crippen MR) is 81.0 cm³/mol. The SMILES string of the molecule is CN1CCC(CC(=O)N2CCN(c3ncccn3)CC2)C1. The molecule has 0 bridgehead atoms. The van der Waals surface area contributed by atoms with Crippen molar-refractivity contribution in [2.75, 3.05) is 51.2 Å².